The third kappa shape index (κ3) is 5.18. The van der Waals surface area contributed by atoms with Gasteiger partial charge >= 0.3 is 0 Å². The van der Waals surface area contributed by atoms with Crippen LogP contribution >= 0.6 is 11.3 Å². The van der Waals surface area contributed by atoms with Crippen molar-refractivity contribution in [2.45, 2.75) is 19.3 Å². The van der Waals surface area contributed by atoms with Gasteiger partial charge in [0.15, 0.2) is 17.5 Å². The van der Waals surface area contributed by atoms with Crippen LogP contribution in [0.2, 0.25) is 0 Å². The van der Waals surface area contributed by atoms with E-state index >= 15 is 0 Å². The lowest BCUT2D eigenvalue weighted by Crippen LogP contribution is -2.15. The van der Waals surface area contributed by atoms with Gasteiger partial charge in [-0.1, -0.05) is 159 Å². The molecule has 0 saturated carbocycles. The third-order valence-corrected chi connectivity index (χ3v) is 13.3. The number of aromatic nitrogens is 4. The summed E-state index contributed by atoms with van der Waals surface area (Å²) in [4.78, 5) is 15.5. The van der Waals surface area contributed by atoms with Crippen molar-refractivity contribution >= 4 is 53.3 Å². The number of hydrogen-bond donors (Lipinski definition) is 0. The van der Waals surface area contributed by atoms with Gasteiger partial charge in [-0.2, -0.15) is 0 Å². The Bertz CT molecular complexity index is 3470. The zero-order valence-electron chi connectivity index (χ0n) is 32.5. The Hall–Kier alpha value is -7.21. The zero-order chi connectivity index (χ0) is 39.2. The predicted octanol–water partition coefficient (Wildman–Crippen LogP) is 14.3. The Kier molecular flexibility index (Phi) is 7.41. The van der Waals surface area contributed by atoms with Crippen molar-refractivity contribution in [3.63, 3.8) is 0 Å². The van der Waals surface area contributed by atoms with E-state index in [0.29, 0.717) is 17.5 Å². The van der Waals surface area contributed by atoms with Crippen molar-refractivity contribution in [2.24, 2.45) is 0 Å². The average Bonchev–Trinajstić information content (AvgIpc) is 3.92. The van der Waals surface area contributed by atoms with Crippen LogP contribution < -0.4 is 0 Å². The van der Waals surface area contributed by atoms with E-state index in [4.69, 9.17) is 15.0 Å². The van der Waals surface area contributed by atoms with Gasteiger partial charge < -0.3 is 4.57 Å². The number of rotatable bonds is 5. The Labute approximate surface area is 345 Å². The molecule has 0 unspecified atom stereocenters. The average molecular weight is 773 g/mol. The summed E-state index contributed by atoms with van der Waals surface area (Å²) in [6.07, 6.45) is 0. The van der Waals surface area contributed by atoms with Crippen LogP contribution in [0.3, 0.4) is 0 Å². The van der Waals surface area contributed by atoms with E-state index in [1.165, 1.54) is 75.4 Å². The molecule has 8 aromatic carbocycles. The number of nitrogens with zero attached hydrogens (tertiary/aromatic N) is 4. The van der Waals surface area contributed by atoms with Gasteiger partial charge in [-0.3, -0.25) is 0 Å². The first-order chi connectivity index (χ1) is 29.0. The minimum Gasteiger partial charge on any atom is -0.309 e. The van der Waals surface area contributed by atoms with Crippen LogP contribution in [0.4, 0.5) is 0 Å². The minimum atomic E-state index is -0.138. The molecule has 0 bridgehead atoms. The van der Waals surface area contributed by atoms with Crippen LogP contribution in [0.1, 0.15) is 25.0 Å². The van der Waals surface area contributed by atoms with Crippen LogP contribution in [0.15, 0.2) is 182 Å². The number of benzene rings is 8. The standard InChI is InChI=1S/C54H36N4S/c1-54(2)43-24-11-9-21-39(43)40-29-30-45-49(50(40)54)41-22-10-12-25-44(41)58(45)37-20-13-19-35(31-37)52-55-51(34-17-7-4-8-18-34)56-53(57-52)36-27-28-42-47(32-36)59-46-26-14-23-38(48(42)46)33-15-5-3-6-16-33/h3-32H,1-2H3. The molecule has 0 fully saturated rings. The van der Waals surface area contributed by atoms with Gasteiger partial charge in [0, 0.05) is 58.7 Å². The van der Waals surface area contributed by atoms with Gasteiger partial charge in [-0.25, -0.2) is 15.0 Å². The highest BCUT2D eigenvalue weighted by Crippen LogP contribution is 2.53. The second kappa shape index (κ2) is 12.9. The maximum atomic E-state index is 5.23. The van der Waals surface area contributed by atoms with Crippen molar-refractivity contribution < 1.29 is 0 Å². The van der Waals surface area contributed by atoms with Gasteiger partial charge in [-0.15, -0.1) is 11.3 Å². The molecule has 1 aliphatic rings. The van der Waals surface area contributed by atoms with E-state index < -0.39 is 0 Å². The summed E-state index contributed by atoms with van der Waals surface area (Å²) >= 11 is 1.81. The largest absolute Gasteiger partial charge is 0.309 e. The molecule has 0 saturated heterocycles. The molecule has 3 aromatic heterocycles. The molecule has 278 valence electrons. The van der Waals surface area contributed by atoms with E-state index in [-0.39, 0.29) is 5.41 Å². The molecule has 0 atom stereocenters. The first-order valence-electron chi connectivity index (χ1n) is 20.1. The lowest BCUT2D eigenvalue weighted by atomic mass is 9.80. The summed E-state index contributed by atoms with van der Waals surface area (Å²) in [6, 6.07) is 65.1. The predicted molar refractivity (Wildman–Crippen MR) is 246 cm³/mol. The molecule has 0 amide bonds. The zero-order valence-corrected chi connectivity index (χ0v) is 33.3. The highest BCUT2D eigenvalue weighted by Gasteiger charge is 2.38. The normalized spacial score (nSPS) is 13.1. The summed E-state index contributed by atoms with van der Waals surface area (Å²) in [5.41, 5.74) is 14.0. The minimum absolute atomic E-state index is 0.138. The molecule has 11 aromatic rings. The fraction of sp³-hybridized carbons (Fsp3) is 0.0556. The van der Waals surface area contributed by atoms with Gasteiger partial charge in [-0.05, 0) is 69.8 Å². The van der Waals surface area contributed by atoms with Gasteiger partial charge in [0.25, 0.3) is 0 Å². The summed E-state index contributed by atoms with van der Waals surface area (Å²) in [5.74, 6) is 1.93. The molecule has 1 aliphatic carbocycles. The molecule has 3 heterocycles. The molecular weight excluding hydrogens is 737 g/mol. The van der Waals surface area contributed by atoms with Crippen LogP contribution in [-0.4, -0.2) is 19.5 Å². The highest BCUT2D eigenvalue weighted by atomic mass is 32.1. The van der Waals surface area contributed by atoms with E-state index in [0.717, 1.165) is 22.4 Å². The Morgan fingerprint density at radius 1 is 0.424 bits per heavy atom. The lowest BCUT2D eigenvalue weighted by Gasteiger charge is -2.22. The van der Waals surface area contributed by atoms with Crippen molar-refractivity contribution in [3.8, 4) is 62.1 Å². The van der Waals surface area contributed by atoms with E-state index in [1.807, 2.05) is 29.5 Å². The third-order valence-electron chi connectivity index (χ3n) is 12.2. The topological polar surface area (TPSA) is 43.6 Å². The van der Waals surface area contributed by atoms with Crippen LogP contribution in [-0.2, 0) is 5.41 Å². The Morgan fingerprint density at radius 2 is 1.07 bits per heavy atom. The SMILES string of the molecule is CC1(C)c2ccccc2-c2ccc3c(c21)c1ccccc1n3-c1cccc(-c2nc(-c3ccccc3)nc(-c3ccc4c(c3)sc3cccc(-c5ccccc5)c34)n2)c1. The van der Waals surface area contributed by atoms with Gasteiger partial charge in [0.1, 0.15) is 0 Å². The number of hydrogen-bond acceptors (Lipinski definition) is 4. The van der Waals surface area contributed by atoms with Crippen molar-refractivity contribution in [1.29, 1.82) is 0 Å². The summed E-state index contributed by atoms with van der Waals surface area (Å²) in [7, 11) is 0. The molecule has 0 radical (unpaired) electrons. The molecule has 12 rings (SSSR count). The summed E-state index contributed by atoms with van der Waals surface area (Å²) < 4.78 is 4.88. The van der Waals surface area contributed by atoms with E-state index in [9.17, 15) is 0 Å². The molecule has 59 heavy (non-hydrogen) atoms. The Balaban J connectivity index is 1.03. The monoisotopic (exact) mass is 772 g/mol. The second-order valence-corrected chi connectivity index (χ2v) is 17.1. The lowest BCUT2D eigenvalue weighted by molar-refractivity contribution is 0.666. The van der Waals surface area contributed by atoms with Gasteiger partial charge in [0.05, 0.1) is 11.0 Å². The van der Waals surface area contributed by atoms with E-state index in [2.05, 4.69) is 182 Å². The number of thiophene rings is 1. The molecule has 4 nitrogen and oxygen atoms in total. The van der Waals surface area contributed by atoms with Crippen molar-refractivity contribution in [1.82, 2.24) is 19.5 Å². The summed E-state index contributed by atoms with van der Waals surface area (Å²) in [5, 5.41) is 5.09. The maximum Gasteiger partial charge on any atom is 0.164 e. The fourth-order valence-corrected chi connectivity index (χ4v) is 10.7. The molecule has 5 heteroatoms. The second-order valence-electron chi connectivity index (χ2n) is 16.0. The first kappa shape index (κ1) is 33.9. The van der Waals surface area contributed by atoms with Crippen molar-refractivity contribution in [2.75, 3.05) is 0 Å². The van der Waals surface area contributed by atoms with Crippen LogP contribution in [0.5, 0.6) is 0 Å². The molecule has 0 aliphatic heterocycles. The number of fused-ring (bicyclic) bond motifs is 10. The van der Waals surface area contributed by atoms with Crippen LogP contribution in [0, 0.1) is 0 Å². The quantitative estimate of drug-likeness (QED) is 0.175. The summed E-state index contributed by atoms with van der Waals surface area (Å²) in [6.45, 7) is 4.74. The van der Waals surface area contributed by atoms with Crippen LogP contribution in [0.25, 0.3) is 104 Å². The Morgan fingerprint density at radius 3 is 1.88 bits per heavy atom. The first-order valence-corrected chi connectivity index (χ1v) is 20.9. The fourth-order valence-electron chi connectivity index (χ4n) is 9.57. The molecular formula is C54H36N4S. The maximum absolute atomic E-state index is 5.23. The smallest absolute Gasteiger partial charge is 0.164 e. The van der Waals surface area contributed by atoms with E-state index in [1.54, 1.807) is 0 Å². The molecule has 0 N–H and O–H groups in total. The highest BCUT2D eigenvalue weighted by molar-refractivity contribution is 7.26. The molecule has 0 spiro atoms. The van der Waals surface area contributed by atoms with Gasteiger partial charge in [0.2, 0.25) is 0 Å². The van der Waals surface area contributed by atoms with Crippen molar-refractivity contribution in [3.05, 3.63) is 193 Å². The number of para-hydroxylation sites is 1.